The molecule has 416 valence electrons. The van der Waals surface area contributed by atoms with Gasteiger partial charge in [-0.05, 0) is 0 Å². The summed E-state index contributed by atoms with van der Waals surface area (Å²) in [6.45, 7) is 10.4. The van der Waals surface area contributed by atoms with Crippen LogP contribution in [-0.4, -0.2) is 251 Å². The first-order valence-corrected chi connectivity index (χ1v) is 22.7. The van der Waals surface area contributed by atoms with Gasteiger partial charge in [0, 0.05) is 12.5 Å². The lowest BCUT2D eigenvalue weighted by molar-refractivity contribution is -0.150. The van der Waals surface area contributed by atoms with Gasteiger partial charge in [-0.1, -0.05) is 13.8 Å². The number of carbonyl (C=O) groups is 8. The SMILES string of the molecule is CC(C)(COCC1COC(=O)O1)COCC1COC(=O)O1.COCC(=O)OCC1COC(=O)O1.O=C1OCC(COCC2COC(=O)O2)O1.O=C1OCC(COCCOCCOCCOCC2COC(=O)O2)O1. The third-order valence-electron chi connectivity index (χ3n) is 9.17. The van der Waals surface area contributed by atoms with Gasteiger partial charge < -0.3 is 109 Å². The van der Waals surface area contributed by atoms with Crippen LogP contribution in [0.15, 0.2) is 0 Å². The van der Waals surface area contributed by atoms with Crippen molar-refractivity contribution in [3.05, 3.63) is 0 Å². The molecule has 7 aliphatic heterocycles. The number of cyclic esters (lactones) is 14. The van der Waals surface area contributed by atoms with Crippen molar-refractivity contribution in [1.29, 1.82) is 0 Å². The molecule has 7 heterocycles. The van der Waals surface area contributed by atoms with E-state index < -0.39 is 55.2 Å². The molecule has 7 rings (SSSR count). The molecule has 7 fully saturated rings. The molecule has 7 saturated heterocycles. The molecule has 31 heteroatoms. The van der Waals surface area contributed by atoms with Crippen molar-refractivity contribution in [2.75, 3.05) is 159 Å². The average molecular weight is 1060 g/mol. The molecule has 7 atom stereocenters. The van der Waals surface area contributed by atoms with Crippen LogP contribution in [0.5, 0.6) is 0 Å². The first-order chi connectivity index (χ1) is 35.1. The van der Waals surface area contributed by atoms with Crippen LogP contribution in [0.2, 0.25) is 0 Å². The summed E-state index contributed by atoms with van der Waals surface area (Å²) in [5, 5.41) is 0. The van der Waals surface area contributed by atoms with Crippen molar-refractivity contribution >= 4 is 49.1 Å². The number of methoxy groups -OCH3 is 1. The summed E-state index contributed by atoms with van der Waals surface area (Å²) in [5.41, 5.74) is -0.215. The summed E-state index contributed by atoms with van der Waals surface area (Å²) in [7, 11) is 1.39. The molecular formula is C42H62O31. The van der Waals surface area contributed by atoms with Gasteiger partial charge in [-0.25, -0.2) is 38.4 Å². The third-order valence-corrected chi connectivity index (χ3v) is 9.17. The summed E-state index contributed by atoms with van der Waals surface area (Å²) >= 11 is 0. The number of ether oxygens (including phenoxy) is 23. The van der Waals surface area contributed by atoms with E-state index in [0.29, 0.717) is 79.3 Å². The predicted molar refractivity (Wildman–Crippen MR) is 226 cm³/mol. The molecular weight excluding hydrogens is 1000 g/mol. The summed E-state index contributed by atoms with van der Waals surface area (Å²) in [4.78, 5) is 85.0. The zero-order valence-electron chi connectivity index (χ0n) is 40.5. The van der Waals surface area contributed by atoms with Crippen LogP contribution < -0.4 is 0 Å². The fraction of sp³-hybridized carbons (Fsp3) is 0.810. The van der Waals surface area contributed by atoms with Crippen molar-refractivity contribution < 1.29 is 147 Å². The first-order valence-electron chi connectivity index (χ1n) is 22.7. The van der Waals surface area contributed by atoms with Crippen molar-refractivity contribution in [2.45, 2.75) is 56.6 Å². The smallest absolute Gasteiger partial charge is 0.460 e. The van der Waals surface area contributed by atoms with Gasteiger partial charge in [0.2, 0.25) is 0 Å². The molecule has 0 radical (unpaired) electrons. The fourth-order valence-corrected chi connectivity index (χ4v) is 5.77. The van der Waals surface area contributed by atoms with E-state index in [0.717, 1.165) is 0 Å². The molecule has 0 aliphatic carbocycles. The maximum Gasteiger partial charge on any atom is 0.508 e. The van der Waals surface area contributed by atoms with Crippen LogP contribution >= 0.6 is 0 Å². The van der Waals surface area contributed by atoms with Gasteiger partial charge in [0.05, 0.1) is 92.5 Å². The molecule has 0 amide bonds. The lowest BCUT2D eigenvalue weighted by Gasteiger charge is -2.25. The second-order valence-corrected chi connectivity index (χ2v) is 16.3. The van der Waals surface area contributed by atoms with Gasteiger partial charge in [-0.15, -0.1) is 0 Å². The second-order valence-electron chi connectivity index (χ2n) is 16.3. The Morgan fingerprint density at radius 3 is 0.890 bits per heavy atom. The van der Waals surface area contributed by atoms with E-state index in [1.165, 1.54) is 7.11 Å². The fourth-order valence-electron chi connectivity index (χ4n) is 5.77. The standard InChI is InChI=1S/C14H22O10.C13H20O8.C8H10O7.C7H10O6/c15-13-21-9-11(23-13)7-19-5-3-17-1-2-18-4-6-20-8-12-10-22-14(16)24-12;1-13(2,7-16-3-9-5-18-11(14)20-9)8-17-4-10-6-19-12(15)21-10;9-7-12-3-5(14-7)1-11-2-6-4-13-8(10)15-6;1-10-4-6(8)11-2-5-3-12-7(9)13-5/h11-12H,1-10H2;9-10H,3-8H2,1-2H3;5-6H,1-4H2;5H,2-4H2,1H3. The van der Waals surface area contributed by atoms with Crippen molar-refractivity contribution in [1.82, 2.24) is 0 Å². The van der Waals surface area contributed by atoms with Crippen LogP contribution in [0, 0.1) is 5.41 Å². The average Bonchev–Trinajstić information content (AvgIpc) is 4.24. The van der Waals surface area contributed by atoms with E-state index in [4.69, 9.17) is 66.3 Å². The Morgan fingerprint density at radius 2 is 0.630 bits per heavy atom. The molecule has 0 saturated carbocycles. The topological polar surface area (TPSA) is 349 Å². The highest BCUT2D eigenvalue weighted by Gasteiger charge is 2.31. The summed E-state index contributed by atoms with van der Waals surface area (Å²) < 4.78 is 112. The van der Waals surface area contributed by atoms with E-state index in [9.17, 15) is 38.4 Å². The highest BCUT2D eigenvalue weighted by molar-refractivity contribution is 5.70. The Balaban J connectivity index is 0.000000217. The van der Waals surface area contributed by atoms with Crippen LogP contribution in [-0.2, 0) is 114 Å². The number of hydrogen-bond acceptors (Lipinski definition) is 31. The Hall–Kier alpha value is -5.96. The van der Waals surface area contributed by atoms with Crippen molar-refractivity contribution in [3.63, 3.8) is 0 Å². The van der Waals surface area contributed by atoms with Gasteiger partial charge in [-0.3, -0.25) is 0 Å². The molecule has 0 N–H and O–H groups in total. The third kappa shape index (κ3) is 27.1. The van der Waals surface area contributed by atoms with Gasteiger partial charge in [0.15, 0.2) is 42.7 Å². The molecule has 0 bridgehead atoms. The lowest BCUT2D eigenvalue weighted by atomic mass is 9.96. The summed E-state index contributed by atoms with van der Waals surface area (Å²) in [6, 6.07) is 0. The van der Waals surface area contributed by atoms with E-state index in [1.54, 1.807) is 0 Å². The monoisotopic (exact) mass is 1060 g/mol. The largest absolute Gasteiger partial charge is 0.508 e. The molecule has 0 spiro atoms. The van der Waals surface area contributed by atoms with Crippen LogP contribution in [0.4, 0.5) is 33.6 Å². The van der Waals surface area contributed by atoms with Gasteiger partial charge in [-0.2, -0.15) is 0 Å². The Morgan fingerprint density at radius 1 is 0.384 bits per heavy atom. The Kier molecular flexibility index (Phi) is 27.5. The highest BCUT2D eigenvalue weighted by Crippen LogP contribution is 2.18. The number of carbonyl (C=O) groups excluding carboxylic acids is 8. The van der Waals surface area contributed by atoms with Gasteiger partial charge in [0.1, 0.15) is 59.5 Å². The van der Waals surface area contributed by atoms with E-state index in [1.807, 2.05) is 13.8 Å². The molecule has 0 aromatic carbocycles. The van der Waals surface area contributed by atoms with Crippen LogP contribution in [0.25, 0.3) is 0 Å². The molecule has 31 nitrogen and oxygen atoms in total. The van der Waals surface area contributed by atoms with Crippen LogP contribution in [0.3, 0.4) is 0 Å². The second kappa shape index (κ2) is 33.7. The molecule has 73 heavy (non-hydrogen) atoms. The van der Waals surface area contributed by atoms with Gasteiger partial charge in [0.25, 0.3) is 0 Å². The summed E-state index contributed by atoms with van der Waals surface area (Å²) in [6.07, 6.45) is -7.31. The van der Waals surface area contributed by atoms with Crippen molar-refractivity contribution in [3.8, 4) is 0 Å². The minimum Gasteiger partial charge on any atom is -0.460 e. The van der Waals surface area contributed by atoms with E-state index in [-0.39, 0.29) is 115 Å². The molecule has 7 unspecified atom stereocenters. The number of rotatable bonds is 29. The zero-order chi connectivity index (χ0) is 52.7. The van der Waals surface area contributed by atoms with Crippen LogP contribution in [0.1, 0.15) is 13.8 Å². The minimum absolute atomic E-state index is 0.00787. The lowest BCUT2D eigenvalue weighted by Crippen LogP contribution is -2.30. The van der Waals surface area contributed by atoms with E-state index >= 15 is 0 Å². The van der Waals surface area contributed by atoms with E-state index in [2.05, 4.69) is 42.6 Å². The minimum atomic E-state index is -0.729. The maximum absolute atomic E-state index is 10.8. The predicted octanol–water partition coefficient (Wildman–Crippen LogP) is 1.03. The summed E-state index contributed by atoms with van der Waals surface area (Å²) in [5.74, 6) is -0.495. The maximum atomic E-state index is 10.8. The quantitative estimate of drug-likeness (QED) is 0.0573. The molecule has 0 aromatic rings. The highest BCUT2D eigenvalue weighted by atomic mass is 16.8. The first kappa shape index (κ1) is 59.6. The Labute approximate surface area is 417 Å². The Bertz CT molecular complexity index is 1610. The number of esters is 1. The normalized spacial score (nSPS) is 24.5. The zero-order valence-corrected chi connectivity index (χ0v) is 40.5. The van der Waals surface area contributed by atoms with Gasteiger partial charge >= 0.3 is 49.1 Å². The van der Waals surface area contributed by atoms with Crippen molar-refractivity contribution in [2.24, 2.45) is 5.41 Å². The molecule has 7 aliphatic rings. The molecule has 0 aromatic heterocycles. The number of hydrogen-bond donors (Lipinski definition) is 0.